The lowest BCUT2D eigenvalue weighted by Gasteiger charge is -2.30. The fourth-order valence-electron chi connectivity index (χ4n) is 2.90. The van der Waals surface area contributed by atoms with Gasteiger partial charge in [0.2, 0.25) is 5.91 Å². The van der Waals surface area contributed by atoms with Gasteiger partial charge in [0.1, 0.15) is 0 Å². The van der Waals surface area contributed by atoms with E-state index in [0.29, 0.717) is 6.54 Å². The van der Waals surface area contributed by atoms with Crippen LogP contribution in [0.4, 0.5) is 11.4 Å². The summed E-state index contributed by atoms with van der Waals surface area (Å²) in [5.41, 5.74) is 2.10. The van der Waals surface area contributed by atoms with E-state index >= 15 is 0 Å². The molecule has 1 aromatic carbocycles. The van der Waals surface area contributed by atoms with Crippen molar-refractivity contribution in [1.82, 2.24) is 5.32 Å². The van der Waals surface area contributed by atoms with E-state index in [4.69, 9.17) is 0 Å². The van der Waals surface area contributed by atoms with Crippen molar-refractivity contribution in [2.24, 2.45) is 5.92 Å². The Morgan fingerprint density at radius 3 is 2.48 bits per heavy atom. The van der Waals surface area contributed by atoms with Crippen LogP contribution in [-0.4, -0.2) is 32.1 Å². The number of hydrogen-bond acceptors (Lipinski definition) is 3. The number of benzene rings is 1. The highest BCUT2D eigenvalue weighted by atomic mass is 35.5. The molecule has 1 aromatic rings. The van der Waals surface area contributed by atoms with Crippen molar-refractivity contribution >= 4 is 42.1 Å². The quantitative estimate of drug-likeness (QED) is 0.817. The molecule has 0 radical (unpaired) electrons. The van der Waals surface area contributed by atoms with E-state index in [1.165, 1.54) is 32.1 Å². The molecule has 1 amide bonds. The molecule has 0 spiro atoms. The predicted molar refractivity (Wildman–Crippen MR) is 101 cm³/mol. The van der Waals surface area contributed by atoms with Gasteiger partial charge in [-0.3, -0.25) is 4.79 Å². The first-order chi connectivity index (χ1) is 10.3. The molecule has 1 saturated heterocycles. The lowest BCUT2D eigenvalue weighted by Crippen LogP contribution is -2.32. The van der Waals surface area contributed by atoms with Gasteiger partial charge in [0.25, 0.3) is 0 Å². The third-order valence-corrected chi connectivity index (χ3v) is 4.29. The first-order valence-corrected chi connectivity index (χ1v) is 8.17. The first-order valence-electron chi connectivity index (χ1n) is 8.17. The van der Waals surface area contributed by atoms with Crippen LogP contribution in [0.2, 0.25) is 0 Å². The van der Waals surface area contributed by atoms with Gasteiger partial charge < -0.3 is 15.5 Å². The Morgan fingerprint density at radius 1 is 1.09 bits per heavy atom. The number of nitrogens with zero attached hydrogens (tertiary/aromatic N) is 1. The number of rotatable bonds is 6. The summed E-state index contributed by atoms with van der Waals surface area (Å²) in [6, 6.07) is 8.15. The largest absolute Gasteiger partial charge is 0.370 e. The van der Waals surface area contributed by atoms with Crippen LogP contribution in [0.3, 0.4) is 0 Å². The van der Waals surface area contributed by atoms with Crippen molar-refractivity contribution in [3.63, 3.8) is 0 Å². The number of carbonyl (C=O) groups excluding carboxylic acids is 1. The molecule has 1 aliphatic heterocycles. The van der Waals surface area contributed by atoms with E-state index in [9.17, 15) is 4.79 Å². The van der Waals surface area contributed by atoms with Crippen molar-refractivity contribution in [2.75, 3.05) is 36.4 Å². The molecule has 2 fully saturated rings. The van der Waals surface area contributed by atoms with Gasteiger partial charge >= 0.3 is 0 Å². The van der Waals surface area contributed by atoms with Gasteiger partial charge in [-0.1, -0.05) is 12.1 Å². The molecule has 2 N–H and O–H groups in total. The van der Waals surface area contributed by atoms with Crippen LogP contribution in [0.5, 0.6) is 0 Å². The summed E-state index contributed by atoms with van der Waals surface area (Å²) in [6.07, 6.45) is 6.42. The maximum absolute atomic E-state index is 12.1. The van der Waals surface area contributed by atoms with Gasteiger partial charge in [0.15, 0.2) is 0 Å². The average molecular weight is 360 g/mol. The Balaban J connectivity index is 0.00000132. The molecule has 0 bridgehead atoms. The molecular weight excluding hydrogens is 333 g/mol. The summed E-state index contributed by atoms with van der Waals surface area (Å²) >= 11 is 0. The second-order valence-electron chi connectivity index (χ2n) is 6.19. The molecule has 1 aliphatic carbocycles. The van der Waals surface area contributed by atoms with Crippen molar-refractivity contribution in [3.8, 4) is 0 Å². The van der Waals surface area contributed by atoms with Gasteiger partial charge in [-0.2, -0.15) is 0 Å². The van der Waals surface area contributed by atoms with E-state index in [-0.39, 0.29) is 30.7 Å². The minimum atomic E-state index is 0. The molecule has 0 atom stereocenters. The van der Waals surface area contributed by atoms with Gasteiger partial charge in [-0.05, 0) is 56.7 Å². The van der Waals surface area contributed by atoms with Crippen molar-refractivity contribution in [2.45, 2.75) is 32.1 Å². The summed E-state index contributed by atoms with van der Waals surface area (Å²) in [5, 5.41) is 6.30. The lowest BCUT2D eigenvalue weighted by atomic mass is 10.1. The standard InChI is InChI=1S/C17H25N3O.2ClH/c21-17(13-18-12-14-8-9-14)19-15-6-2-3-7-16(15)20-10-4-1-5-11-20;;/h2-3,6-7,14,18H,1,4-5,8-13H2,(H,19,21);2*1H. The Morgan fingerprint density at radius 2 is 1.78 bits per heavy atom. The molecule has 2 aliphatic rings. The lowest BCUT2D eigenvalue weighted by molar-refractivity contribution is -0.115. The van der Waals surface area contributed by atoms with Gasteiger partial charge in [-0.15, -0.1) is 24.8 Å². The van der Waals surface area contributed by atoms with Crippen LogP contribution in [0.1, 0.15) is 32.1 Å². The van der Waals surface area contributed by atoms with E-state index in [2.05, 4.69) is 21.6 Å². The van der Waals surface area contributed by atoms with Crippen LogP contribution in [0.15, 0.2) is 24.3 Å². The molecule has 23 heavy (non-hydrogen) atoms. The summed E-state index contributed by atoms with van der Waals surface area (Å²) < 4.78 is 0. The monoisotopic (exact) mass is 359 g/mol. The van der Waals surface area contributed by atoms with E-state index in [1.807, 2.05) is 18.2 Å². The van der Waals surface area contributed by atoms with E-state index in [0.717, 1.165) is 36.9 Å². The zero-order valence-corrected chi connectivity index (χ0v) is 15.1. The van der Waals surface area contributed by atoms with Gasteiger partial charge in [0, 0.05) is 13.1 Å². The number of halogens is 2. The Hall–Kier alpha value is -0.970. The average Bonchev–Trinajstić information content (AvgIpc) is 3.33. The van der Waals surface area contributed by atoms with Crippen molar-refractivity contribution < 1.29 is 4.79 Å². The fourth-order valence-corrected chi connectivity index (χ4v) is 2.90. The molecule has 1 saturated carbocycles. The Kier molecular flexibility index (Phi) is 8.74. The van der Waals surface area contributed by atoms with E-state index in [1.54, 1.807) is 0 Å². The molecule has 130 valence electrons. The normalized spacial score (nSPS) is 17.0. The molecule has 4 nitrogen and oxygen atoms in total. The predicted octanol–water partition coefficient (Wildman–Crippen LogP) is 3.46. The summed E-state index contributed by atoms with van der Waals surface area (Å²) in [4.78, 5) is 14.4. The zero-order chi connectivity index (χ0) is 14.5. The topological polar surface area (TPSA) is 44.4 Å². The first kappa shape index (κ1) is 20.1. The highest BCUT2D eigenvalue weighted by Gasteiger charge is 2.21. The summed E-state index contributed by atoms with van der Waals surface area (Å²) in [6.45, 7) is 3.56. The molecule has 0 aromatic heterocycles. The van der Waals surface area contributed by atoms with Gasteiger partial charge in [0.05, 0.1) is 17.9 Å². The maximum atomic E-state index is 12.1. The molecule has 6 heteroatoms. The van der Waals surface area contributed by atoms with E-state index < -0.39 is 0 Å². The number of nitrogens with one attached hydrogen (secondary N) is 2. The number of amides is 1. The molecular formula is C17H27Cl2N3O. The van der Waals surface area contributed by atoms with Crippen molar-refractivity contribution in [3.05, 3.63) is 24.3 Å². The number of carbonyl (C=O) groups is 1. The molecule has 0 unspecified atom stereocenters. The van der Waals surface area contributed by atoms with Crippen LogP contribution >= 0.6 is 24.8 Å². The smallest absolute Gasteiger partial charge is 0.238 e. The number of piperidine rings is 1. The number of para-hydroxylation sites is 2. The number of hydrogen-bond donors (Lipinski definition) is 2. The van der Waals surface area contributed by atoms with Crippen LogP contribution in [-0.2, 0) is 4.79 Å². The van der Waals surface area contributed by atoms with Crippen molar-refractivity contribution in [1.29, 1.82) is 0 Å². The second kappa shape index (κ2) is 10.0. The second-order valence-corrected chi connectivity index (χ2v) is 6.19. The third kappa shape index (κ3) is 6.21. The third-order valence-electron chi connectivity index (χ3n) is 4.29. The number of anilines is 2. The summed E-state index contributed by atoms with van der Waals surface area (Å²) in [7, 11) is 0. The minimum Gasteiger partial charge on any atom is -0.370 e. The van der Waals surface area contributed by atoms with Crippen LogP contribution < -0.4 is 15.5 Å². The SMILES string of the molecule is Cl.Cl.O=C(CNCC1CC1)Nc1ccccc1N1CCCCC1. The van der Waals surface area contributed by atoms with Gasteiger partial charge in [-0.25, -0.2) is 0 Å². The fraction of sp³-hybridized carbons (Fsp3) is 0.588. The molecule has 3 rings (SSSR count). The maximum Gasteiger partial charge on any atom is 0.238 e. The highest BCUT2D eigenvalue weighted by molar-refractivity contribution is 5.95. The molecule has 1 heterocycles. The van der Waals surface area contributed by atoms with Crippen LogP contribution in [0, 0.1) is 5.92 Å². The summed E-state index contributed by atoms with van der Waals surface area (Å²) in [5.74, 6) is 0.860. The minimum absolute atomic E-state index is 0. The highest BCUT2D eigenvalue weighted by Crippen LogP contribution is 2.28. The Bertz CT molecular complexity index is 488. The zero-order valence-electron chi connectivity index (χ0n) is 13.4. The van der Waals surface area contributed by atoms with Crippen LogP contribution in [0.25, 0.3) is 0 Å². The Labute approximate surface area is 151 Å².